The highest BCUT2D eigenvalue weighted by molar-refractivity contribution is 5.76. The lowest BCUT2D eigenvalue weighted by Gasteiger charge is -2.31. The fourth-order valence-electron chi connectivity index (χ4n) is 2.78. The van der Waals surface area contributed by atoms with Gasteiger partial charge >= 0.3 is 0 Å². The van der Waals surface area contributed by atoms with Gasteiger partial charge in [0.1, 0.15) is 12.1 Å². The predicted octanol–water partition coefficient (Wildman–Crippen LogP) is 1.57. The van der Waals surface area contributed by atoms with E-state index < -0.39 is 0 Å². The molecule has 1 aliphatic heterocycles. The molecule has 3 heterocycles. The van der Waals surface area contributed by atoms with Crippen molar-refractivity contribution in [2.24, 2.45) is 0 Å². The molecule has 0 radical (unpaired) electrons. The number of rotatable bonds is 3. The Morgan fingerprint density at radius 1 is 1.42 bits per heavy atom. The van der Waals surface area contributed by atoms with Gasteiger partial charge in [0.25, 0.3) is 0 Å². The highest BCUT2D eigenvalue weighted by Gasteiger charge is 2.21. The molecular formula is C14H18N4O. The molecule has 100 valence electrons. The first kappa shape index (κ1) is 12.3. The second-order valence-electron chi connectivity index (χ2n) is 5.26. The molecule has 0 spiro atoms. The Hall–Kier alpha value is -1.75. The van der Waals surface area contributed by atoms with E-state index in [-0.39, 0.29) is 0 Å². The molecule has 1 saturated heterocycles. The number of aldehydes is 1. The van der Waals surface area contributed by atoms with Crippen LogP contribution in [0.2, 0.25) is 0 Å². The average Bonchev–Trinajstić information content (AvgIpc) is 2.83. The molecule has 0 aliphatic carbocycles. The molecule has 2 aromatic heterocycles. The van der Waals surface area contributed by atoms with Crippen molar-refractivity contribution < 1.29 is 4.79 Å². The summed E-state index contributed by atoms with van der Waals surface area (Å²) in [7, 11) is 2.18. The highest BCUT2D eigenvalue weighted by atomic mass is 16.1. The summed E-state index contributed by atoms with van der Waals surface area (Å²) in [5.41, 5.74) is 1.39. The molecule has 0 saturated carbocycles. The minimum Gasteiger partial charge on any atom is -0.303 e. The zero-order chi connectivity index (χ0) is 13.2. The lowest BCUT2D eigenvalue weighted by Crippen LogP contribution is -2.38. The van der Waals surface area contributed by atoms with E-state index in [1.54, 1.807) is 12.1 Å². The minimum absolute atomic E-state index is 0.548. The first-order valence-electron chi connectivity index (χ1n) is 6.77. The number of fused-ring (bicyclic) bond motifs is 1. The number of carbonyl (C=O) groups is 1. The Kier molecular flexibility index (Phi) is 3.29. The van der Waals surface area contributed by atoms with E-state index in [0.29, 0.717) is 11.6 Å². The van der Waals surface area contributed by atoms with Crippen LogP contribution in [0.1, 0.15) is 35.4 Å². The SMILES string of the molecule is CN1CCCCC1Cc1nnc2cc(C=O)ccn12. The molecule has 1 aliphatic rings. The number of aromatic nitrogens is 3. The molecule has 0 N–H and O–H groups in total. The van der Waals surface area contributed by atoms with Crippen LogP contribution in [0.15, 0.2) is 18.3 Å². The monoisotopic (exact) mass is 258 g/mol. The Morgan fingerprint density at radius 2 is 2.32 bits per heavy atom. The van der Waals surface area contributed by atoms with Crippen LogP contribution in [0.25, 0.3) is 5.65 Å². The van der Waals surface area contributed by atoms with Crippen LogP contribution in [0.3, 0.4) is 0 Å². The van der Waals surface area contributed by atoms with Gasteiger partial charge in [-0.25, -0.2) is 0 Å². The predicted molar refractivity (Wildman–Crippen MR) is 72.3 cm³/mol. The number of carbonyl (C=O) groups excluding carboxylic acids is 1. The molecule has 0 bridgehead atoms. The number of likely N-dealkylation sites (tertiary alicyclic amines) is 1. The van der Waals surface area contributed by atoms with Gasteiger partial charge < -0.3 is 4.90 Å². The molecule has 3 rings (SSSR count). The van der Waals surface area contributed by atoms with Crippen molar-refractivity contribution in [1.29, 1.82) is 0 Å². The maximum atomic E-state index is 10.8. The summed E-state index contributed by atoms with van der Waals surface area (Å²) in [6, 6.07) is 4.12. The largest absolute Gasteiger partial charge is 0.303 e. The summed E-state index contributed by atoms with van der Waals surface area (Å²) in [5.74, 6) is 0.978. The summed E-state index contributed by atoms with van der Waals surface area (Å²) in [5, 5.41) is 8.42. The quantitative estimate of drug-likeness (QED) is 0.784. The zero-order valence-electron chi connectivity index (χ0n) is 11.1. The smallest absolute Gasteiger partial charge is 0.161 e. The molecule has 5 nitrogen and oxygen atoms in total. The van der Waals surface area contributed by atoms with Crippen molar-refractivity contribution in [2.75, 3.05) is 13.6 Å². The van der Waals surface area contributed by atoms with Crippen LogP contribution in [0.4, 0.5) is 0 Å². The Bertz CT molecular complexity index is 592. The van der Waals surface area contributed by atoms with E-state index in [2.05, 4.69) is 22.1 Å². The van der Waals surface area contributed by atoms with E-state index in [1.165, 1.54) is 19.3 Å². The molecule has 1 unspecified atom stereocenters. The third kappa shape index (κ3) is 2.38. The van der Waals surface area contributed by atoms with E-state index in [1.807, 2.05) is 10.6 Å². The van der Waals surface area contributed by atoms with Crippen molar-refractivity contribution >= 4 is 11.9 Å². The topological polar surface area (TPSA) is 50.5 Å². The summed E-state index contributed by atoms with van der Waals surface area (Å²) >= 11 is 0. The standard InChI is InChI=1S/C14H18N4O/c1-17-6-3-2-4-12(17)9-14-16-15-13-8-11(10-19)5-7-18(13)14/h5,7-8,10,12H,2-4,6,9H2,1H3. The van der Waals surface area contributed by atoms with Gasteiger partial charge in [-0.15, -0.1) is 10.2 Å². The molecule has 2 aromatic rings. The molecule has 19 heavy (non-hydrogen) atoms. The number of nitrogens with zero attached hydrogens (tertiary/aromatic N) is 4. The third-order valence-corrected chi connectivity index (χ3v) is 3.98. The van der Waals surface area contributed by atoms with Gasteiger partial charge in [-0.2, -0.15) is 0 Å². The molecule has 0 amide bonds. The van der Waals surface area contributed by atoms with Crippen molar-refractivity contribution in [1.82, 2.24) is 19.5 Å². The summed E-state index contributed by atoms with van der Waals surface area (Å²) in [4.78, 5) is 13.2. The van der Waals surface area contributed by atoms with Crippen LogP contribution < -0.4 is 0 Å². The molecule has 1 atom stereocenters. The molecular weight excluding hydrogens is 240 g/mol. The van der Waals surface area contributed by atoms with Crippen LogP contribution in [0.5, 0.6) is 0 Å². The number of hydrogen-bond acceptors (Lipinski definition) is 4. The number of hydrogen-bond donors (Lipinski definition) is 0. The first-order chi connectivity index (χ1) is 9.28. The summed E-state index contributed by atoms with van der Waals surface area (Å²) < 4.78 is 1.98. The second kappa shape index (κ2) is 5.09. The van der Waals surface area contributed by atoms with E-state index in [9.17, 15) is 4.79 Å². The first-order valence-corrected chi connectivity index (χ1v) is 6.77. The normalized spacial score (nSPS) is 20.8. The third-order valence-electron chi connectivity index (χ3n) is 3.98. The Labute approximate surface area is 112 Å². The van der Waals surface area contributed by atoms with Crippen molar-refractivity contribution in [3.63, 3.8) is 0 Å². The van der Waals surface area contributed by atoms with Gasteiger partial charge in [-0.1, -0.05) is 6.42 Å². The van der Waals surface area contributed by atoms with E-state index in [4.69, 9.17) is 0 Å². The second-order valence-corrected chi connectivity index (χ2v) is 5.26. The van der Waals surface area contributed by atoms with Gasteiger partial charge in [0.2, 0.25) is 0 Å². The van der Waals surface area contributed by atoms with Crippen LogP contribution in [-0.2, 0) is 6.42 Å². The van der Waals surface area contributed by atoms with Gasteiger partial charge in [-0.05, 0) is 38.6 Å². The number of likely N-dealkylation sites (N-methyl/N-ethyl adjacent to an activating group) is 1. The average molecular weight is 258 g/mol. The van der Waals surface area contributed by atoms with Gasteiger partial charge in [0.05, 0.1) is 0 Å². The van der Waals surface area contributed by atoms with Crippen LogP contribution in [-0.4, -0.2) is 45.4 Å². The van der Waals surface area contributed by atoms with Gasteiger partial charge in [0, 0.05) is 24.2 Å². The minimum atomic E-state index is 0.548. The fraction of sp³-hybridized carbons (Fsp3) is 0.500. The zero-order valence-corrected chi connectivity index (χ0v) is 11.1. The van der Waals surface area contributed by atoms with Gasteiger partial charge in [0.15, 0.2) is 5.65 Å². The maximum Gasteiger partial charge on any atom is 0.161 e. The summed E-state index contributed by atoms with van der Waals surface area (Å²) in [6.07, 6.45) is 7.44. The Morgan fingerprint density at radius 3 is 3.11 bits per heavy atom. The molecule has 5 heteroatoms. The summed E-state index contributed by atoms with van der Waals surface area (Å²) in [6.45, 7) is 1.16. The lowest BCUT2D eigenvalue weighted by atomic mass is 10.00. The van der Waals surface area contributed by atoms with Crippen LogP contribution in [0, 0.1) is 0 Å². The van der Waals surface area contributed by atoms with E-state index >= 15 is 0 Å². The number of piperidine rings is 1. The highest BCUT2D eigenvalue weighted by Crippen LogP contribution is 2.18. The van der Waals surface area contributed by atoms with Gasteiger partial charge in [-0.3, -0.25) is 9.20 Å². The van der Waals surface area contributed by atoms with Crippen molar-refractivity contribution in [3.05, 3.63) is 29.7 Å². The van der Waals surface area contributed by atoms with Crippen molar-refractivity contribution in [3.8, 4) is 0 Å². The molecule has 0 aromatic carbocycles. The maximum absolute atomic E-state index is 10.8. The van der Waals surface area contributed by atoms with E-state index in [0.717, 1.165) is 30.7 Å². The van der Waals surface area contributed by atoms with Crippen LogP contribution >= 0.6 is 0 Å². The molecule has 1 fully saturated rings. The van der Waals surface area contributed by atoms with Crippen molar-refractivity contribution in [2.45, 2.75) is 31.7 Å². The lowest BCUT2D eigenvalue weighted by molar-refractivity contribution is 0.112. The fourth-order valence-corrected chi connectivity index (χ4v) is 2.78. The number of pyridine rings is 1. The Balaban J connectivity index is 1.86.